The Labute approximate surface area is 170 Å². The number of nitrogens with one attached hydrogen (secondary N) is 1. The minimum atomic E-state index is -0.717. The Hall–Kier alpha value is -3.52. The number of fused-ring (bicyclic) bond motifs is 1. The standard InChI is InChI=1S/C24H24N2O3/c1-16(2)23(29-21-11-7-5-9-18(21)14-25)24(27)26-15-20-19-10-6-4-8-17(19)12-13-22(20)28-3/h4-13,16,23H,15H2,1-3H3,(H,26,27). The Balaban J connectivity index is 1.81. The summed E-state index contributed by atoms with van der Waals surface area (Å²) < 4.78 is 11.4. The highest BCUT2D eigenvalue weighted by atomic mass is 16.5. The summed E-state index contributed by atoms with van der Waals surface area (Å²) >= 11 is 0. The summed E-state index contributed by atoms with van der Waals surface area (Å²) in [4.78, 5) is 12.9. The zero-order chi connectivity index (χ0) is 20.8. The molecule has 0 bridgehead atoms. The van der Waals surface area contributed by atoms with E-state index in [1.165, 1.54) is 0 Å². The summed E-state index contributed by atoms with van der Waals surface area (Å²) in [5, 5.41) is 14.4. The fraction of sp³-hybridized carbons (Fsp3) is 0.250. The number of nitriles is 1. The maximum absolute atomic E-state index is 12.9. The summed E-state index contributed by atoms with van der Waals surface area (Å²) in [7, 11) is 1.62. The van der Waals surface area contributed by atoms with Gasteiger partial charge in [0.25, 0.3) is 5.91 Å². The third-order valence-corrected chi connectivity index (χ3v) is 4.78. The highest BCUT2D eigenvalue weighted by molar-refractivity contribution is 5.88. The van der Waals surface area contributed by atoms with Gasteiger partial charge in [-0.3, -0.25) is 4.79 Å². The molecule has 1 N–H and O–H groups in total. The van der Waals surface area contributed by atoms with Crippen molar-refractivity contribution in [2.45, 2.75) is 26.5 Å². The first-order chi connectivity index (χ1) is 14.0. The van der Waals surface area contributed by atoms with Crippen LogP contribution in [-0.4, -0.2) is 19.1 Å². The van der Waals surface area contributed by atoms with Crippen LogP contribution in [0.15, 0.2) is 60.7 Å². The Morgan fingerprint density at radius 2 is 1.76 bits per heavy atom. The predicted octanol–water partition coefficient (Wildman–Crippen LogP) is 4.44. The predicted molar refractivity (Wildman–Crippen MR) is 113 cm³/mol. The third kappa shape index (κ3) is 4.49. The van der Waals surface area contributed by atoms with Gasteiger partial charge in [0, 0.05) is 12.1 Å². The van der Waals surface area contributed by atoms with Crippen LogP contribution in [-0.2, 0) is 11.3 Å². The summed E-state index contributed by atoms with van der Waals surface area (Å²) in [5.41, 5.74) is 1.32. The van der Waals surface area contributed by atoms with Crippen molar-refractivity contribution in [2.75, 3.05) is 7.11 Å². The van der Waals surface area contributed by atoms with E-state index in [0.717, 1.165) is 22.1 Å². The number of methoxy groups -OCH3 is 1. The summed E-state index contributed by atoms with van der Waals surface area (Å²) in [6.45, 7) is 4.14. The normalized spacial score (nSPS) is 11.7. The number of ether oxygens (including phenoxy) is 2. The molecular formula is C24H24N2O3. The third-order valence-electron chi connectivity index (χ3n) is 4.78. The number of carbonyl (C=O) groups excluding carboxylic acids is 1. The molecule has 0 aliphatic rings. The Bertz CT molecular complexity index is 1050. The van der Waals surface area contributed by atoms with Crippen LogP contribution in [0.4, 0.5) is 0 Å². The van der Waals surface area contributed by atoms with Gasteiger partial charge in [0.2, 0.25) is 0 Å². The molecule has 3 rings (SSSR count). The summed E-state index contributed by atoms with van der Waals surface area (Å²) in [6.07, 6.45) is -0.717. The van der Waals surface area contributed by atoms with E-state index >= 15 is 0 Å². The quantitative estimate of drug-likeness (QED) is 0.649. The van der Waals surface area contributed by atoms with Crippen LogP contribution in [0, 0.1) is 17.2 Å². The van der Waals surface area contributed by atoms with Crippen molar-refractivity contribution >= 4 is 16.7 Å². The van der Waals surface area contributed by atoms with E-state index in [9.17, 15) is 10.1 Å². The van der Waals surface area contributed by atoms with Gasteiger partial charge in [-0.1, -0.05) is 56.3 Å². The van der Waals surface area contributed by atoms with Crippen LogP contribution in [0.3, 0.4) is 0 Å². The number of carbonyl (C=O) groups is 1. The topological polar surface area (TPSA) is 71.3 Å². The molecule has 148 valence electrons. The molecule has 0 spiro atoms. The highest BCUT2D eigenvalue weighted by Crippen LogP contribution is 2.28. The van der Waals surface area contributed by atoms with Gasteiger partial charge < -0.3 is 14.8 Å². The number of rotatable bonds is 7. The molecule has 0 saturated carbocycles. The zero-order valence-electron chi connectivity index (χ0n) is 16.8. The SMILES string of the molecule is COc1ccc2ccccc2c1CNC(=O)C(Oc1ccccc1C#N)C(C)C. The van der Waals surface area contributed by atoms with Crippen molar-refractivity contribution in [1.29, 1.82) is 5.26 Å². The van der Waals surface area contributed by atoms with Crippen molar-refractivity contribution in [2.24, 2.45) is 5.92 Å². The van der Waals surface area contributed by atoms with Crippen molar-refractivity contribution in [3.8, 4) is 17.6 Å². The lowest BCUT2D eigenvalue weighted by atomic mass is 10.0. The first-order valence-corrected chi connectivity index (χ1v) is 9.53. The number of hydrogen-bond acceptors (Lipinski definition) is 4. The maximum atomic E-state index is 12.9. The van der Waals surface area contributed by atoms with Gasteiger partial charge >= 0.3 is 0 Å². The second kappa shape index (κ2) is 9.11. The minimum absolute atomic E-state index is 0.0730. The lowest BCUT2D eigenvalue weighted by Crippen LogP contribution is -2.41. The van der Waals surface area contributed by atoms with E-state index in [0.29, 0.717) is 17.9 Å². The smallest absolute Gasteiger partial charge is 0.261 e. The largest absolute Gasteiger partial charge is 0.496 e. The van der Waals surface area contributed by atoms with E-state index in [2.05, 4.69) is 11.4 Å². The van der Waals surface area contributed by atoms with Crippen LogP contribution >= 0.6 is 0 Å². The maximum Gasteiger partial charge on any atom is 0.261 e. The molecule has 0 aliphatic heterocycles. The number of para-hydroxylation sites is 1. The van der Waals surface area contributed by atoms with Gasteiger partial charge in [-0.15, -0.1) is 0 Å². The van der Waals surface area contributed by atoms with Crippen LogP contribution in [0.25, 0.3) is 10.8 Å². The van der Waals surface area contributed by atoms with Gasteiger partial charge in [-0.05, 0) is 34.9 Å². The number of hydrogen-bond donors (Lipinski definition) is 1. The van der Waals surface area contributed by atoms with Gasteiger partial charge in [-0.25, -0.2) is 0 Å². The summed E-state index contributed by atoms with van der Waals surface area (Å²) in [6, 6.07) is 20.9. The zero-order valence-corrected chi connectivity index (χ0v) is 16.8. The minimum Gasteiger partial charge on any atom is -0.496 e. The first-order valence-electron chi connectivity index (χ1n) is 9.53. The highest BCUT2D eigenvalue weighted by Gasteiger charge is 2.25. The molecule has 0 aromatic heterocycles. The van der Waals surface area contributed by atoms with E-state index < -0.39 is 6.10 Å². The molecule has 5 heteroatoms. The summed E-state index contributed by atoms with van der Waals surface area (Å²) in [5.74, 6) is 0.825. The van der Waals surface area contributed by atoms with E-state index in [1.54, 1.807) is 31.4 Å². The molecule has 0 radical (unpaired) electrons. The lowest BCUT2D eigenvalue weighted by molar-refractivity contribution is -0.130. The second-order valence-electron chi connectivity index (χ2n) is 7.08. The van der Waals surface area contributed by atoms with Crippen LogP contribution in [0.1, 0.15) is 25.0 Å². The molecule has 0 fully saturated rings. The Kier molecular flexibility index (Phi) is 6.36. The molecule has 5 nitrogen and oxygen atoms in total. The first kappa shape index (κ1) is 20.2. The molecule has 29 heavy (non-hydrogen) atoms. The number of benzene rings is 3. The molecule has 3 aromatic rings. The van der Waals surface area contributed by atoms with Crippen molar-refractivity contribution < 1.29 is 14.3 Å². The Morgan fingerprint density at radius 1 is 1.03 bits per heavy atom. The average Bonchev–Trinajstić information content (AvgIpc) is 2.75. The fourth-order valence-electron chi connectivity index (χ4n) is 3.26. The van der Waals surface area contributed by atoms with Gasteiger partial charge in [0.1, 0.15) is 17.6 Å². The molecule has 3 aromatic carbocycles. The lowest BCUT2D eigenvalue weighted by Gasteiger charge is -2.23. The van der Waals surface area contributed by atoms with Crippen LogP contribution in [0.5, 0.6) is 11.5 Å². The fourth-order valence-corrected chi connectivity index (χ4v) is 3.26. The second-order valence-corrected chi connectivity index (χ2v) is 7.08. The van der Waals surface area contributed by atoms with Crippen LogP contribution in [0.2, 0.25) is 0 Å². The Morgan fingerprint density at radius 3 is 2.48 bits per heavy atom. The van der Waals surface area contributed by atoms with Gasteiger partial charge in [0.15, 0.2) is 6.10 Å². The van der Waals surface area contributed by atoms with E-state index in [-0.39, 0.29) is 11.8 Å². The van der Waals surface area contributed by atoms with Crippen molar-refractivity contribution in [1.82, 2.24) is 5.32 Å². The number of nitrogens with zero attached hydrogens (tertiary/aromatic N) is 1. The van der Waals surface area contributed by atoms with Crippen molar-refractivity contribution in [3.63, 3.8) is 0 Å². The van der Waals surface area contributed by atoms with Gasteiger partial charge in [0.05, 0.1) is 12.7 Å². The molecule has 0 aliphatic carbocycles. The van der Waals surface area contributed by atoms with E-state index in [4.69, 9.17) is 9.47 Å². The average molecular weight is 388 g/mol. The van der Waals surface area contributed by atoms with E-state index in [1.807, 2.05) is 50.2 Å². The molecule has 1 amide bonds. The molecule has 1 atom stereocenters. The molecule has 0 saturated heterocycles. The van der Waals surface area contributed by atoms with Crippen LogP contribution < -0.4 is 14.8 Å². The molecule has 1 unspecified atom stereocenters. The van der Waals surface area contributed by atoms with Gasteiger partial charge in [-0.2, -0.15) is 5.26 Å². The molecular weight excluding hydrogens is 364 g/mol. The number of amides is 1. The monoisotopic (exact) mass is 388 g/mol. The molecule has 0 heterocycles. The van der Waals surface area contributed by atoms with Crippen molar-refractivity contribution in [3.05, 3.63) is 71.8 Å².